The van der Waals surface area contributed by atoms with Crippen LogP contribution in [0.1, 0.15) is 5.56 Å². The van der Waals surface area contributed by atoms with Crippen molar-refractivity contribution in [2.45, 2.75) is 6.67 Å². The van der Waals surface area contributed by atoms with Crippen LogP contribution in [0.25, 0.3) is 0 Å². The highest BCUT2D eigenvalue weighted by Crippen LogP contribution is 1.98. The lowest BCUT2D eigenvalue weighted by Crippen LogP contribution is -1.72. The molecule has 0 bridgehead atoms. The molecule has 0 aliphatic rings. The summed E-state index contributed by atoms with van der Waals surface area (Å²) in [5, 5.41) is 0. The number of benzene rings is 1. The Balaban J connectivity index is 0.000000261. The van der Waals surface area contributed by atoms with Gasteiger partial charge in [0.15, 0.2) is 0 Å². The predicted octanol–water partition coefficient (Wildman–Crippen LogP) is 1.23. The van der Waals surface area contributed by atoms with Gasteiger partial charge >= 0.3 is 0 Å². The van der Waals surface area contributed by atoms with E-state index in [0.29, 0.717) is 0 Å². The number of hydrogen-bond acceptors (Lipinski definition) is 2. The molecule has 0 saturated carbocycles. The smallest absolute Gasteiger partial charge is 0.254 e. The largest absolute Gasteiger partial charge is 0.288 e. The zero-order valence-electron chi connectivity index (χ0n) is 6.18. The minimum atomic E-state index is -3.12. The molecule has 1 N–H and O–H groups in total. The molecule has 12 heavy (non-hydrogen) atoms. The molecule has 0 fully saturated rings. The van der Waals surface area contributed by atoms with Gasteiger partial charge in [-0.25, -0.2) is 12.8 Å². The van der Waals surface area contributed by atoms with E-state index in [0.717, 1.165) is 5.56 Å². The van der Waals surface area contributed by atoms with Crippen LogP contribution in [0.4, 0.5) is 4.39 Å². The van der Waals surface area contributed by atoms with Crippen molar-refractivity contribution in [2.24, 2.45) is 0 Å². The maximum absolute atomic E-state index is 11.7. The Hall–Kier alpha value is -0.940. The molecule has 0 aromatic heterocycles. The summed E-state index contributed by atoms with van der Waals surface area (Å²) in [5.41, 5.74) is 0.743. The highest BCUT2D eigenvalue weighted by atomic mass is 32.2. The third-order valence-corrected chi connectivity index (χ3v) is 0.997. The quantitative estimate of drug-likeness (QED) is 0.519. The van der Waals surface area contributed by atoms with Crippen LogP contribution in [-0.2, 0) is 17.7 Å². The molecule has 1 rings (SSSR count). The van der Waals surface area contributed by atoms with E-state index in [2.05, 4.69) is 0 Å². The van der Waals surface area contributed by atoms with E-state index in [1.807, 2.05) is 18.2 Å². The fourth-order valence-electron chi connectivity index (χ4n) is 0.567. The second-order valence-electron chi connectivity index (χ2n) is 1.86. The first kappa shape index (κ1) is 11.1. The van der Waals surface area contributed by atoms with E-state index in [4.69, 9.17) is 13.0 Å². The van der Waals surface area contributed by atoms with E-state index in [-0.39, 0.29) is 6.67 Å². The fourth-order valence-corrected chi connectivity index (χ4v) is 0.567. The molecular weight excluding hydrogens is 183 g/mol. The first-order valence-electron chi connectivity index (χ1n) is 3.10. The van der Waals surface area contributed by atoms with Gasteiger partial charge in [-0.15, -0.1) is 0 Å². The van der Waals surface area contributed by atoms with Crippen molar-refractivity contribution in [1.82, 2.24) is 0 Å². The first-order chi connectivity index (χ1) is 5.66. The van der Waals surface area contributed by atoms with Gasteiger partial charge in [-0.2, -0.15) is 0 Å². The summed E-state index contributed by atoms with van der Waals surface area (Å²) in [6.07, 6.45) is 0. The van der Waals surface area contributed by atoms with Crippen molar-refractivity contribution in [2.75, 3.05) is 0 Å². The lowest BCUT2D eigenvalue weighted by Gasteiger charge is -1.87. The summed E-state index contributed by atoms with van der Waals surface area (Å²) < 4.78 is 35.9. The highest BCUT2D eigenvalue weighted by Gasteiger charge is 1.82. The van der Waals surface area contributed by atoms with Crippen LogP contribution in [0.3, 0.4) is 0 Å². The molecule has 0 heterocycles. The van der Waals surface area contributed by atoms with Crippen LogP contribution in [0.5, 0.6) is 0 Å². The second kappa shape index (κ2) is 6.75. The molecule has 0 amide bonds. The number of halogens is 1. The molecule has 68 valence electrons. The van der Waals surface area contributed by atoms with Crippen molar-refractivity contribution in [3.8, 4) is 0 Å². The third-order valence-electron chi connectivity index (χ3n) is 0.997. The summed E-state index contributed by atoms with van der Waals surface area (Å²) in [6, 6.07) is 9.06. The number of thiol groups is 1. The minimum absolute atomic E-state index is 0.360. The molecule has 0 aliphatic heterocycles. The molecule has 0 atom stereocenters. The SMILES string of the molecule is FCc1ccccc1.O=[SH](=O)O. The van der Waals surface area contributed by atoms with Crippen LogP contribution in [0.2, 0.25) is 0 Å². The summed E-state index contributed by atoms with van der Waals surface area (Å²) in [5.74, 6) is 0. The van der Waals surface area contributed by atoms with Gasteiger partial charge < -0.3 is 0 Å². The van der Waals surface area contributed by atoms with Crippen molar-refractivity contribution < 1.29 is 17.4 Å². The lowest BCUT2D eigenvalue weighted by molar-refractivity contribution is 0.485. The first-order valence-corrected chi connectivity index (χ1v) is 4.23. The Labute approximate surface area is 71.6 Å². The third kappa shape index (κ3) is 7.17. The van der Waals surface area contributed by atoms with Gasteiger partial charge in [0.2, 0.25) is 0 Å². The molecule has 0 aliphatic carbocycles. The maximum atomic E-state index is 11.7. The molecule has 1 aromatic carbocycles. The maximum Gasteiger partial charge on any atom is 0.254 e. The Morgan fingerprint density at radius 1 is 1.25 bits per heavy atom. The Kier molecular flexibility index (Phi) is 6.22. The van der Waals surface area contributed by atoms with Crippen molar-refractivity contribution >= 4 is 11.0 Å². The Morgan fingerprint density at radius 3 is 1.92 bits per heavy atom. The predicted molar refractivity (Wildman–Crippen MR) is 44.2 cm³/mol. The minimum Gasteiger partial charge on any atom is -0.288 e. The van der Waals surface area contributed by atoms with Gasteiger partial charge in [0.05, 0.1) is 0 Å². The van der Waals surface area contributed by atoms with E-state index >= 15 is 0 Å². The number of hydrogen-bond donors (Lipinski definition) is 2. The van der Waals surface area contributed by atoms with Gasteiger partial charge in [-0.3, -0.25) is 4.55 Å². The van der Waals surface area contributed by atoms with Crippen molar-refractivity contribution in [3.63, 3.8) is 0 Å². The molecule has 1 aromatic rings. The van der Waals surface area contributed by atoms with Crippen LogP contribution in [0.15, 0.2) is 30.3 Å². The highest BCUT2D eigenvalue weighted by molar-refractivity contribution is 7.66. The van der Waals surface area contributed by atoms with Gasteiger partial charge in [-0.05, 0) is 5.56 Å². The zero-order valence-corrected chi connectivity index (χ0v) is 7.08. The zero-order chi connectivity index (χ0) is 9.40. The van der Waals surface area contributed by atoms with Crippen LogP contribution in [-0.4, -0.2) is 13.0 Å². The average molecular weight is 192 g/mol. The van der Waals surface area contributed by atoms with E-state index in [9.17, 15) is 4.39 Å². The van der Waals surface area contributed by atoms with Gasteiger partial charge in [0.1, 0.15) is 6.67 Å². The van der Waals surface area contributed by atoms with E-state index < -0.39 is 11.0 Å². The van der Waals surface area contributed by atoms with E-state index in [1.165, 1.54) is 0 Å². The van der Waals surface area contributed by atoms with Gasteiger partial charge in [0.25, 0.3) is 11.0 Å². The van der Waals surface area contributed by atoms with Gasteiger partial charge in [-0.1, -0.05) is 30.3 Å². The standard InChI is InChI=1S/C7H7F.H2O3S/c8-6-7-4-2-1-3-5-7;1-4(2)3/h1-5H,6H2;4H,(H,1,2,3). The monoisotopic (exact) mass is 192 g/mol. The number of rotatable bonds is 1. The van der Waals surface area contributed by atoms with Crippen LogP contribution >= 0.6 is 0 Å². The fraction of sp³-hybridized carbons (Fsp3) is 0.143. The Bertz CT molecular complexity index is 263. The lowest BCUT2D eigenvalue weighted by atomic mass is 10.2. The normalized spacial score (nSPS) is 8.92. The molecular formula is C7H9FO3S. The Morgan fingerprint density at radius 2 is 1.67 bits per heavy atom. The summed E-state index contributed by atoms with van der Waals surface area (Å²) in [6.45, 7) is -0.360. The summed E-state index contributed by atoms with van der Waals surface area (Å²) in [7, 11) is -3.12. The van der Waals surface area contributed by atoms with Crippen LogP contribution < -0.4 is 0 Å². The van der Waals surface area contributed by atoms with Crippen LogP contribution in [0, 0.1) is 0 Å². The molecule has 0 unspecified atom stereocenters. The molecule has 5 heteroatoms. The molecule has 0 radical (unpaired) electrons. The summed E-state index contributed by atoms with van der Waals surface area (Å²) in [4.78, 5) is 0. The molecule has 3 nitrogen and oxygen atoms in total. The number of alkyl halides is 1. The van der Waals surface area contributed by atoms with Crippen molar-refractivity contribution in [1.29, 1.82) is 0 Å². The summed E-state index contributed by atoms with van der Waals surface area (Å²) >= 11 is 0. The average Bonchev–Trinajstić information content (AvgIpc) is 2.05. The van der Waals surface area contributed by atoms with E-state index in [1.54, 1.807) is 12.1 Å². The van der Waals surface area contributed by atoms with Gasteiger partial charge in [0, 0.05) is 0 Å². The molecule has 0 saturated heterocycles. The molecule has 0 spiro atoms. The second-order valence-corrected chi connectivity index (χ2v) is 2.33. The topological polar surface area (TPSA) is 54.4 Å². The van der Waals surface area contributed by atoms with Crippen molar-refractivity contribution in [3.05, 3.63) is 35.9 Å².